The molecule has 1 aromatic heterocycles. The van der Waals surface area contributed by atoms with Crippen LogP contribution in [-0.4, -0.2) is 16.3 Å². The zero-order valence-electron chi connectivity index (χ0n) is 11.9. The summed E-state index contributed by atoms with van der Waals surface area (Å²) in [6, 6.07) is 9.26. The third-order valence-corrected chi connectivity index (χ3v) is 4.00. The molecule has 1 saturated heterocycles. The van der Waals surface area contributed by atoms with E-state index >= 15 is 0 Å². The fourth-order valence-electron chi connectivity index (χ4n) is 2.89. The van der Waals surface area contributed by atoms with Crippen LogP contribution in [0.1, 0.15) is 35.7 Å². The van der Waals surface area contributed by atoms with Crippen LogP contribution in [0.5, 0.6) is 0 Å². The summed E-state index contributed by atoms with van der Waals surface area (Å²) in [6.07, 6.45) is 2.47. The van der Waals surface area contributed by atoms with Gasteiger partial charge in [-0.15, -0.1) is 0 Å². The molecule has 1 atom stereocenters. The molecule has 2 aromatic rings. The highest BCUT2D eigenvalue weighted by Gasteiger charge is 2.21. The van der Waals surface area contributed by atoms with E-state index in [9.17, 15) is 0 Å². The molecule has 0 amide bonds. The molecule has 1 aromatic carbocycles. The summed E-state index contributed by atoms with van der Waals surface area (Å²) in [4.78, 5) is 0. The number of nitrogens with one attached hydrogen (secondary N) is 1. The average molecular weight is 255 g/mol. The zero-order valence-corrected chi connectivity index (χ0v) is 11.9. The van der Waals surface area contributed by atoms with Crippen LogP contribution in [0, 0.1) is 13.8 Å². The number of nitrogens with zero attached hydrogens (tertiary/aromatic N) is 2. The van der Waals surface area contributed by atoms with Gasteiger partial charge >= 0.3 is 0 Å². The Morgan fingerprint density at radius 1 is 1.26 bits per heavy atom. The van der Waals surface area contributed by atoms with Gasteiger partial charge in [0.05, 0.1) is 11.4 Å². The van der Waals surface area contributed by atoms with Crippen LogP contribution in [0.2, 0.25) is 0 Å². The van der Waals surface area contributed by atoms with Crippen molar-refractivity contribution in [3.05, 3.63) is 41.1 Å². The van der Waals surface area contributed by atoms with Crippen LogP contribution in [0.4, 0.5) is 0 Å². The summed E-state index contributed by atoms with van der Waals surface area (Å²) in [5.74, 6) is 0. The second-order valence-corrected chi connectivity index (χ2v) is 5.55. The first kappa shape index (κ1) is 12.4. The molecule has 0 saturated carbocycles. The van der Waals surface area contributed by atoms with Crippen molar-refractivity contribution in [2.24, 2.45) is 7.05 Å². The van der Waals surface area contributed by atoms with Gasteiger partial charge in [0.25, 0.3) is 0 Å². The molecule has 1 fully saturated rings. The van der Waals surface area contributed by atoms with E-state index in [1.165, 1.54) is 35.2 Å². The summed E-state index contributed by atoms with van der Waals surface area (Å²) >= 11 is 0. The van der Waals surface area contributed by atoms with Gasteiger partial charge in [0.15, 0.2) is 0 Å². The van der Waals surface area contributed by atoms with Gasteiger partial charge < -0.3 is 5.32 Å². The number of benzene rings is 1. The van der Waals surface area contributed by atoms with Crippen molar-refractivity contribution in [2.45, 2.75) is 32.7 Å². The smallest absolute Gasteiger partial charge is 0.0929 e. The zero-order chi connectivity index (χ0) is 13.4. The van der Waals surface area contributed by atoms with Crippen molar-refractivity contribution >= 4 is 0 Å². The predicted octanol–water partition coefficient (Wildman–Crippen LogP) is 3.13. The first-order chi connectivity index (χ1) is 9.15. The molecular formula is C16H21N3. The Morgan fingerprint density at radius 2 is 2.11 bits per heavy atom. The number of rotatable bonds is 2. The van der Waals surface area contributed by atoms with E-state index in [0.29, 0.717) is 6.04 Å². The van der Waals surface area contributed by atoms with Gasteiger partial charge in [0.2, 0.25) is 0 Å². The standard InChI is InChI=1S/C16H21N3/c1-11-6-7-12(2)13(9-11)15-10-16(19(3)18-15)14-5-4-8-17-14/h6-7,9-10,14,17H,4-5,8H2,1-3H3. The van der Waals surface area contributed by atoms with Gasteiger partial charge in [-0.05, 0) is 50.9 Å². The molecule has 0 spiro atoms. The Bertz CT molecular complexity index is 592. The molecule has 19 heavy (non-hydrogen) atoms. The molecule has 3 heteroatoms. The predicted molar refractivity (Wildman–Crippen MR) is 78.1 cm³/mol. The fraction of sp³-hybridized carbons (Fsp3) is 0.438. The van der Waals surface area contributed by atoms with Gasteiger partial charge in [-0.3, -0.25) is 4.68 Å². The van der Waals surface area contributed by atoms with Crippen molar-refractivity contribution < 1.29 is 0 Å². The summed E-state index contributed by atoms with van der Waals surface area (Å²) in [7, 11) is 2.05. The minimum Gasteiger partial charge on any atom is -0.309 e. The average Bonchev–Trinajstić information content (AvgIpc) is 3.01. The minimum absolute atomic E-state index is 0.469. The molecule has 0 radical (unpaired) electrons. The van der Waals surface area contributed by atoms with Gasteiger partial charge in [0.1, 0.15) is 0 Å². The van der Waals surface area contributed by atoms with E-state index in [0.717, 1.165) is 12.2 Å². The molecule has 3 nitrogen and oxygen atoms in total. The quantitative estimate of drug-likeness (QED) is 0.893. The number of hydrogen-bond acceptors (Lipinski definition) is 2. The molecule has 1 N–H and O–H groups in total. The Morgan fingerprint density at radius 3 is 2.84 bits per heavy atom. The SMILES string of the molecule is Cc1ccc(C)c(-c2cc(C3CCCN3)n(C)n2)c1. The van der Waals surface area contributed by atoms with E-state index in [4.69, 9.17) is 5.10 Å². The molecule has 0 bridgehead atoms. The normalized spacial score (nSPS) is 19.0. The fourth-order valence-corrected chi connectivity index (χ4v) is 2.89. The van der Waals surface area contributed by atoms with E-state index in [2.05, 4.69) is 43.4 Å². The molecule has 2 heterocycles. The highest BCUT2D eigenvalue weighted by Crippen LogP contribution is 2.29. The van der Waals surface area contributed by atoms with Gasteiger partial charge in [-0.2, -0.15) is 5.10 Å². The topological polar surface area (TPSA) is 29.9 Å². The molecule has 100 valence electrons. The number of aryl methyl sites for hydroxylation is 3. The largest absolute Gasteiger partial charge is 0.309 e. The Kier molecular flexibility index (Phi) is 3.15. The van der Waals surface area contributed by atoms with Crippen LogP contribution < -0.4 is 5.32 Å². The second-order valence-electron chi connectivity index (χ2n) is 5.55. The maximum absolute atomic E-state index is 4.70. The molecule has 3 rings (SSSR count). The molecule has 1 aliphatic heterocycles. The molecule has 1 unspecified atom stereocenters. The Hall–Kier alpha value is -1.61. The lowest BCUT2D eigenvalue weighted by molar-refractivity contribution is 0.574. The monoisotopic (exact) mass is 255 g/mol. The lowest BCUT2D eigenvalue weighted by Crippen LogP contribution is -2.16. The molecular weight excluding hydrogens is 234 g/mol. The molecule has 0 aliphatic carbocycles. The lowest BCUT2D eigenvalue weighted by Gasteiger charge is -2.09. The third-order valence-electron chi connectivity index (χ3n) is 4.00. The lowest BCUT2D eigenvalue weighted by atomic mass is 10.0. The van der Waals surface area contributed by atoms with E-state index in [1.807, 2.05) is 11.7 Å². The first-order valence-electron chi connectivity index (χ1n) is 7.00. The van der Waals surface area contributed by atoms with Gasteiger partial charge in [0, 0.05) is 18.7 Å². The second kappa shape index (κ2) is 4.82. The third kappa shape index (κ3) is 2.30. The van der Waals surface area contributed by atoms with E-state index < -0.39 is 0 Å². The highest BCUT2D eigenvalue weighted by molar-refractivity contribution is 5.64. The van der Waals surface area contributed by atoms with E-state index in [-0.39, 0.29) is 0 Å². The Balaban J connectivity index is 2.01. The van der Waals surface area contributed by atoms with Gasteiger partial charge in [-0.25, -0.2) is 0 Å². The molecule has 1 aliphatic rings. The van der Waals surface area contributed by atoms with Crippen LogP contribution in [0.15, 0.2) is 24.3 Å². The number of aromatic nitrogens is 2. The maximum atomic E-state index is 4.70. The van der Waals surface area contributed by atoms with Crippen LogP contribution in [0.3, 0.4) is 0 Å². The first-order valence-corrected chi connectivity index (χ1v) is 7.00. The van der Waals surface area contributed by atoms with Crippen molar-refractivity contribution in [2.75, 3.05) is 6.54 Å². The highest BCUT2D eigenvalue weighted by atomic mass is 15.3. The van der Waals surface area contributed by atoms with Crippen LogP contribution in [0.25, 0.3) is 11.3 Å². The summed E-state index contributed by atoms with van der Waals surface area (Å²) < 4.78 is 2.03. The van der Waals surface area contributed by atoms with Crippen molar-refractivity contribution in [1.82, 2.24) is 15.1 Å². The summed E-state index contributed by atoms with van der Waals surface area (Å²) in [5, 5.41) is 8.25. The summed E-state index contributed by atoms with van der Waals surface area (Å²) in [5.41, 5.74) is 6.21. The maximum Gasteiger partial charge on any atom is 0.0929 e. The minimum atomic E-state index is 0.469. The Labute approximate surface area is 114 Å². The van der Waals surface area contributed by atoms with Crippen molar-refractivity contribution in [1.29, 1.82) is 0 Å². The van der Waals surface area contributed by atoms with Crippen LogP contribution in [-0.2, 0) is 7.05 Å². The van der Waals surface area contributed by atoms with Crippen molar-refractivity contribution in [3.8, 4) is 11.3 Å². The number of hydrogen-bond donors (Lipinski definition) is 1. The van der Waals surface area contributed by atoms with Crippen LogP contribution >= 0.6 is 0 Å². The van der Waals surface area contributed by atoms with E-state index in [1.54, 1.807) is 0 Å². The van der Waals surface area contributed by atoms with Gasteiger partial charge in [-0.1, -0.05) is 17.7 Å². The van der Waals surface area contributed by atoms with Crippen molar-refractivity contribution in [3.63, 3.8) is 0 Å². The summed E-state index contributed by atoms with van der Waals surface area (Å²) in [6.45, 7) is 5.40.